The maximum Gasteiger partial charge on any atom is 0.337 e. The van der Waals surface area contributed by atoms with E-state index in [1.807, 2.05) is 0 Å². The van der Waals surface area contributed by atoms with Gasteiger partial charge in [0.25, 0.3) is 0 Å². The zero-order chi connectivity index (χ0) is 22.9. The number of hydrogen-bond acceptors (Lipinski definition) is 4. The maximum atomic E-state index is 14.3. The number of hydrogen-bond donors (Lipinski definition) is 1. The third kappa shape index (κ3) is 4.69. The minimum Gasteiger partial charge on any atom is -0.487 e. The Bertz CT molecular complexity index is 897. The van der Waals surface area contributed by atoms with Gasteiger partial charge in [-0.1, -0.05) is 19.4 Å². The van der Waals surface area contributed by atoms with Crippen molar-refractivity contribution in [2.24, 2.45) is 23.2 Å². The van der Waals surface area contributed by atoms with Crippen LogP contribution in [0.25, 0.3) is 0 Å². The zero-order valence-corrected chi connectivity index (χ0v) is 19.3. The highest BCUT2D eigenvalue weighted by Crippen LogP contribution is 2.61. The molecule has 5 rings (SSSR count). The fourth-order valence-electron chi connectivity index (χ4n) is 5.92. The normalized spacial score (nSPS) is 28.3. The van der Waals surface area contributed by atoms with E-state index < -0.39 is 11.8 Å². The first kappa shape index (κ1) is 22.8. The Kier molecular flexibility index (Phi) is 6.59. The summed E-state index contributed by atoms with van der Waals surface area (Å²) >= 11 is 0. The molecule has 0 aliphatic heterocycles. The Morgan fingerprint density at radius 2 is 1.94 bits per heavy atom. The summed E-state index contributed by atoms with van der Waals surface area (Å²) in [5, 5.41) is 3.14. The van der Waals surface area contributed by atoms with Gasteiger partial charge in [-0.25, -0.2) is 9.18 Å². The number of benzene rings is 1. The number of methoxy groups -OCH3 is 1. The van der Waals surface area contributed by atoms with E-state index in [-0.39, 0.29) is 23.3 Å². The molecule has 1 N–H and O–H groups in total. The SMILES string of the molecule is COC(=O)c1ccc(OC2CCC(=CC(=O)NC[C@@H]3CC[C@H]4C[C@@H]3C4(C)C)CC2)c(F)c1. The van der Waals surface area contributed by atoms with Crippen molar-refractivity contribution in [2.45, 2.75) is 64.9 Å². The quantitative estimate of drug-likeness (QED) is 0.494. The van der Waals surface area contributed by atoms with E-state index in [1.54, 1.807) is 6.08 Å². The van der Waals surface area contributed by atoms with Gasteiger partial charge in [-0.05, 0) is 86.3 Å². The van der Waals surface area contributed by atoms with Gasteiger partial charge in [0.15, 0.2) is 11.6 Å². The zero-order valence-electron chi connectivity index (χ0n) is 19.3. The molecule has 4 aliphatic carbocycles. The van der Waals surface area contributed by atoms with E-state index in [2.05, 4.69) is 23.9 Å². The number of amides is 1. The van der Waals surface area contributed by atoms with Crippen LogP contribution >= 0.6 is 0 Å². The lowest BCUT2D eigenvalue weighted by Gasteiger charge is -2.60. The molecule has 0 aromatic heterocycles. The van der Waals surface area contributed by atoms with Crippen LogP contribution in [-0.4, -0.2) is 31.6 Å². The summed E-state index contributed by atoms with van der Waals surface area (Å²) in [4.78, 5) is 24.0. The summed E-state index contributed by atoms with van der Waals surface area (Å²) in [7, 11) is 1.26. The lowest BCUT2D eigenvalue weighted by molar-refractivity contribution is -0.120. The molecule has 4 fully saturated rings. The van der Waals surface area contributed by atoms with Crippen molar-refractivity contribution in [1.82, 2.24) is 5.32 Å². The Balaban J connectivity index is 1.23. The van der Waals surface area contributed by atoms with E-state index in [1.165, 1.54) is 38.5 Å². The van der Waals surface area contributed by atoms with Crippen molar-refractivity contribution in [3.8, 4) is 5.75 Å². The molecule has 0 unspecified atom stereocenters. The highest BCUT2D eigenvalue weighted by atomic mass is 19.1. The summed E-state index contributed by atoms with van der Waals surface area (Å²) < 4.78 is 24.7. The summed E-state index contributed by atoms with van der Waals surface area (Å²) in [6.07, 6.45) is 8.48. The molecular weight excluding hydrogens is 409 g/mol. The van der Waals surface area contributed by atoms with Gasteiger partial charge < -0.3 is 14.8 Å². The number of carbonyl (C=O) groups excluding carboxylic acids is 2. The van der Waals surface area contributed by atoms with Crippen LogP contribution in [0.5, 0.6) is 5.75 Å². The predicted octanol–water partition coefficient (Wildman–Crippen LogP) is 5.05. The lowest BCUT2D eigenvalue weighted by atomic mass is 9.45. The lowest BCUT2D eigenvalue weighted by Crippen LogP contribution is -2.54. The van der Waals surface area contributed by atoms with Gasteiger partial charge in [-0.15, -0.1) is 0 Å². The smallest absolute Gasteiger partial charge is 0.337 e. The molecule has 4 saturated carbocycles. The molecule has 0 saturated heterocycles. The number of allylic oxidation sites excluding steroid dienone is 1. The number of ether oxygens (including phenoxy) is 2. The van der Waals surface area contributed by atoms with E-state index in [9.17, 15) is 14.0 Å². The predicted molar refractivity (Wildman–Crippen MR) is 120 cm³/mol. The number of fused-ring (bicyclic) bond motifs is 2. The molecule has 0 heterocycles. The third-order valence-corrected chi connectivity index (χ3v) is 8.10. The first-order chi connectivity index (χ1) is 15.3. The van der Waals surface area contributed by atoms with Crippen molar-refractivity contribution >= 4 is 11.9 Å². The minimum atomic E-state index is -0.578. The van der Waals surface area contributed by atoms with Crippen LogP contribution in [0.1, 0.15) is 69.2 Å². The topological polar surface area (TPSA) is 64.6 Å². The van der Waals surface area contributed by atoms with Crippen LogP contribution in [0.15, 0.2) is 29.8 Å². The molecule has 1 aromatic carbocycles. The Morgan fingerprint density at radius 3 is 2.56 bits per heavy atom. The van der Waals surface area contributed by atoms with Crippen LogP contribution in [0.2, 0.25) is 0 Å². The van der Waals surface area contributed by atoms with Crippen molar-refractivity contribution in [1.29, 1.82) is 0 Å². The van der Waals surface area contributed by atoms with Crippen molar-refractivity contribution in [2.75, 3.05) is 13.7 Å². The van der Waals surface area contributed by atoms with Gasteiger partial charge in [0.2, 0.25) is 5.91 Å². The number of esters is 1. The van der Waals surface area contributed by atoms with Gasteiger partial charge >= 0.3 is 5.97 Å². The average Bonchev–Trinajstić information content (AvgIpc) is 2.79. The van der Waals surface area contributed by atoms with Gasteiger partial charge in [-0.2, -0.15) is 0 Å². The van der Waals surface area contributed by atoms with Crippen molar-refractivity contribution < 1.29 is 23.5 Å². The highest BCUT2D eigenvalue weighted by molar-refractivity contribution is 5.89. The second kappa shape index (κ2) is 9.24. The first-order valence-electron chi connectivity index (χ1n) is 11.8. The molecule has 32 heavy (non-hydrogen) atoms. The van der Waals surface area contributed by atoms with Crippen LogP contribution in [0.4, 0.5) is 4.39 Å². The number of rotatable bonds is 6. The van der Waals surface area contributed by atoms with E-state index in [0.717, 1.165) is 55.7 Å². The molecule has 2 bridgehead atoms. The number of halogens is 1. The molecule has 0 spiro atoms. The van der Waals surface area contributed by atoms with Gasteiger partial charge in [0, 0.05) is 12.6 Å². The average molecular weight is 444 g/mol. The number of carbonyl (C=O) groups is 2. The first-order valence-corrected chi connectivity index (χ1v) is 11.8. The molecule has 174 valence electrons. The highest BCUT2D eigenvalue weighted by Gasteiger charge is 2.53. The Hall–Kier alpha value is -2.37. The monoisotopic (exact) mass is 443 g/mol. The molecular formula is C26H34FNO4. The maximum absolute atomic E-state index is 14.3. The van der Waals surface area contributed by atoms with E-state index >= 15 is 0 Å². The molecule has 4 aliphatic rings. The molecule has 3 atom stereocenters. The molecule has 5 nitrogen and oxygen atoms in total. The second-order valence-electron chi connectivity index (χ2n) is 10.2. The molecule has 0 radical (unpaired) electrons. The van der Waals surface area contributed by atoms with Gasteiger partial charge in [0.1, 0.15) is 0 Å². The number of nitrogens with one attached hydrogen (secondary N) is 1. The minimum absolute atomic E-state index is 0.00284. The largest absolute Gasteiger partial charge is 0.487 e. The molecule has 1 amide bonds. The van der Waals surface area contributed by atoms with Gasteiger partial charge in [-0.3, -0.25) is 4.79 Å². The van der Waals surface area contributed by atoms with Crippen LogP contribution in [-0.2, 0) is 9.53 Å². The van der Waals surface area contributed by atoms with Crippen molar-refractivity contribution in [3.05, 3.63) is 41.2 Å². The fourth-order valence-corrected chi connectivity index (χ4v) is 5.92. The Morgan fingerprint density at radius 1 is 1.19 bits per heavy atom. The van der Waals surface area contributed by atoms with E-state index in [0.29, 0.717) is 11.3 Å². The van der Waals surface area contributed by atoms with Crippen LogP contribution < -0.4 is 10.1 Å². The summed E-state index contributed by atoms with van der Waals surface area (Å²) in [5.41, 5.74) is 1.71. The fraction of sp³-hybridized carbons (Fsp3) is 0.615. The summed E-state index contributed by atoms with van der Waals surface area (Å²) in [6, 6.07) is 4.11. The third-order valence-electron chi connectivity index (χ3n) is 8.10. The summed E-state index contributed by atoms with van der Waals surface area (Å²) in [6.45, 7) is 5.53. The standard InChI is InChI=1S/C26H34FNO4/c1-26(2)19-8-6-18(21(26)14-19)15-28-24(29)12-16-4-9-20(10-5-16)32-23-11-7-17(13-22(23)27)25(30)31-3/h7,11-13,18-21H,4-6,8-10,14-15H2,1-3H3,(H,28,29)/t18-,19-,20?,21-/m0/s1. The summed E-state index contributed by atoms with van der Waals surface area (Å²) in [5.74, 6) is 1.20. The molecule has 1 aromatic rings. The Labute approximate surface area is 189 Å². The second-order valence-corrected chi connectivity index (χ2v) is 10.2. The van der Waals surface area contributed by atoms with Crippen LogP contribution in [0, 0.1) is 29.0 Å². The van der Waals surface area contributed by atoms with Crippen molar-refractivity contribution in [3.63, 3.8) is 0 Å². The molecule has 6 heteroatoms. The van der Waals surface area contributed by atoms with Gasteiger partial charge in [0.05, 0.1) is 18.8 Å². The van der Waals surface area contributed by atoms with E-state index in [4.69, 9.17) is 4.74 Å². The van der Waals surface area contributed by atoms with Crippen LogP contribution in [0.3, 0.4) is 0 Å².